The molecule has 0 fully saturated rings. The number of alkyl halides is 1. The SMILES string of the molecule is ICOCc1ccc2ccccc2c1. The second-order valence-corrected chi connectivity index (χ2v) is 3.76. The van der Waals surface area contributed by atoms with E-state index in [2.05, 4.69) is 65.1 Å². The fourth-order valence-corrected chi connectivity index (χ4v) is 1.71. The Balaban J connectivity index is 2.32. The van der Waals surface area contributed by atoms with E-state index in [0.29, 0.717) is 6.61 Å². The minimum atomic E-state index is 0.702. The summed E-state index contributed by atoms with van der Waals surface area (Å²) in [5.41, 5.74) is 1.24. The molecular weight excluding hydrogens is 287 g/mol. The molecule has 0 N–H and O–H groups in total. The van der Waals surface area contributed by atoms with Gasteiger partial charge in [0.1, 0.15) is 0 Å². The van der Waals surface area contributed by atoms with E-state index < -0.39 is 0 Å². The average molecular weight is 298 g/mol. The van der Waals surface area contributed by atoms with E-state index in [9.17, 15) is 0 Å². The topological polar surface area (TPSA) is 9.23 Å². The Bertz CT molecular complexity index is 425. The predicted molar refractivity (Wildman–Crippen MR) is 67.6 cm³/mol. The fourth-order valence-electron chi connectivity index (χ4n) is 1.48. The Kier molecular flexibility index (Phi) is 3.37. The summed E-state index contributed by atoms with van der Waals surface area (Å²) in [7, 11) is 0. The molecule has 0 aliphatic rings. The molecule has 0 radical (unpaired) electrons. The smallest absolute Gasteiger partial charge is 0.0983 e. The monoisotopic (exact) mass is 298 g/mol. The Morgan fingerprint density at radius 3 is 2.57 bits per heavy atom. The average Bonchev–Trinajstić information content (AvgIpc) is 2.26. The molecule has 0 saturated heterocycles. The van der Waals surface area contributed by atoms with E-state index in [4.69, 9.17) is 4.74 Å². The van der Waals surface area contributed by atoms with Crippen LogP contribution in [0.4, 0.5) is 0 Å². The molecule has 2 rings (SSSR count). The Hall–Kier alpha value is -0.610. The molecule has 2 heteroatoms. The lowest BCUT2D eigenvalue weighted by molar-refractivity contribution is 0.177. The van der Waals surface area contributed by atoms with Gasteiger partial charge in [0.2, 0.25) is 0 Å². The first-order valence-electron chi connectivity index (χ1n) is 4.51. The summed E-state index contributed by atoms with van der Waals surface area (Å²) in [5, 5.41) is 2.56. The molecule has 0 unspecified atom stereocenters. The van der Waals surface area contributed by atoms with Gasteiger partial charge in [-0.1, -0.05) is 59.0 Å². The van der Waals surface area contributed by atoms with Gasteiger partial charge in [-0.05, 0) is 22.4 Å². The normalized spacial score (nSPS) is 10.6. The van der Waals surface area contributed by atoms with Crippen LogP contribution in [0, 0.1) is 0 Å². The minimum absolute atomic E-state index is 0.702. The summed E-state index contributed by atoms with van der Waals surface area (Å²) in [4.78, 5) is 0. The van der Waals surface area contributed by atoms with Crippen molar-refractivity contribution in [3.05, 3.63) is 48.0 Å². The van der Waals surface area contributed by atoms with E-state index in [1.165, 1.54) is 16.3 Å². The summed E-state index contributed by atoms with van der Waals surface area (Å²) in [5.74, 6) is 0. The van der Waals surface area contributed by atoms with Crippen LogP contribution in [0.2, 0.25) is 0 Å². The van der Waals surface area contributed by atoms with Gasteiger partial charge in [-0.3, -0.25) is 0 Å². The summed E-state index contributed by atoms with van der Waals surface area (Å²) >= 11 is 2.21. The maximum absolute atomic E-state index is 5.36. The molecule has 0 heterocycles. The summed E-state index contributed by atoms with van der Waals surface area (Å²) < 4.78 is 6.10. The summed E-state index contributed by atoms with van der Waals surface area (Å²) in [6, 6.07) is 14.8. The van der Waals surface area contributed by atoms with Gasteiger partial charge in [-0.15, -0.1) is 0 Å². The van der Waals surface area contributed by atoms with E-state index >= 15 is 0 Å². The first kappa shape index (κ1) is 9.93. The molecule has 0 spiro atoms. The lowest BCUT2D eigenvalue weighted by atomic mass is 10.1. The van der Waals surface area contributed by atoms with Gasteiger partial charge in [0.25, 0.3) is 0 Å². The summed E-state index contributed by atoms with van der Waals surface area (Å²) in [6.45, 7) is 0.702. The van der Waals surface area contributed by atoms with Gasteiger partial charge in [0, 0.05) is 0 Å². The number of hydrogen-bond donors (Lipinski definition) is 0. The zero-order valence-corrected chi connectivity index (χ0v) is 9.90. The standard InChI is InChI=1S/C12H11IO/c13-9-14-8-10-5-6-11-3-1-2-4-12(11)7-10/h1-7H,8-9H2. The van der Waals surface area contributed by atoms with Crippen molar-refractivity contribution in [2.75, 3.05) is 4.61 Å². The first-order valence-corrected chi connectivity index (χ1v) is 6.04. The Labute approximate surface area is 97.2 Å². The number of benzene rings is 2. The maximum atomic E-state index is 5.36. The molecule has 0 amide bonds. The molecule has 0 atom stereocenters. The lowest BCUT2D eigenvalue weighted by Crippen LogP contribution is -1.89. The van der Waals surface area contributed by atoms with Gasteiger partial charge in [0.05, 0.1) is 11.2 Å². The van der Waals surface area contributed by atoms with Crippen molar-refractivity contribution in [3.8, 4) is 0 Å². The fraction of sp³-hybridized carbons (Fsp3) is 0.167. The van der Waals surface area contributed by atoms with Crippen molar-refractivity contribution in [1.29, 1.82) is 0 Å². The van der Waals surface area contributed by atoms with Crippen molar-refractivity contribution in [2.45, 2.75) is 6.61 Å². The maximum Gasteiger partial charge on any atom is 0.0983 e. The van der Waals surface area contributed by atoms with E-state index in [0.717, 1.165) is 4.61 Å². The molecule has 0 aliphatic carbocycles. The molecular formula is C12H11IO. The van der Waals surface area contributed by atoms with Crippen LogP contribution in [0.1, 0.15) is 5.56 Å². The van der Waals surface area contributed by atoms with Crippen molar-refractivity contribution < 1.29 is 4.74 Å². The van der Waals surface area contributed by atoms with E-state index in [1.807, 2.05) is 0 Å². The molecule has 0 saturated carbocycles. The minimum Gasteiger partial charge on any atom is -0.366 e. The number of halogens is 1. The lowest BCUT2D eigenvalue weighted by Gasteiger charge is -2.02. The summed E-state index contributed by atoms with van der Waals surface area (Å²) in [6.07, 6.45) is 0. The van der Waals surface area contributed by atoms with Crippen LogP contribution in [0.15, 0.2) is 42.5 Å². The quantitative estimate of drug-likeness (QED) is 0.619. The molecule has 0 bridgehead atoms. The largest absolute Gasteiger partial charge is 0.366 e. The zero-order valence-electron chi connectivity index (χ0n) is 7.74. The number of ether oxygens (including phenoxy) is 1. The molecule has 1 nitrogen and oxygen atoms in total. The van der Waals surface area contributed by atoms with Crippen LogP contribution < -0.4 is 0 Å². The van der Waals surface area contributed by atoms with Crippen molar-refractivity contribution in [1.82, 2.24) is 0 Å². The Morgan fingerprint density at radius 2 is 1.79 bits per heavy atom. The Morgan fingerprint density at radius 1 is 1.00 bits per heavy atom. The highest BCUT2D eigenvalue weighted by atomic mass is 127. The highest BCUT2D eigenvalue weighted by Crippen LogP contribution is 2.16. The first-order chi connectivity index (χ1) is 6.90. The van der Waals surface area contributed by atoms with Crippen LogP contribution in [-0.2, 0) is 11.3 Å². The number of fused-ring (bicyclic) bond motifs is 1. The van der Waals surface area contributed by atoms with E-state index in [-0.39, 0.29) is 0 Å². The third-order valence-corrected chi connectivity index (χ3v) is 2.60. The van der Waals surface area contributed by atoms with Crippen LogP contribution in [0.3, 0.4) is 0 Å². The molecule has 0 aromatic heterocycles. The number of rotatable bonds is 3. The van der Waals surface area contributed by atoms with Gasteiger partial charge in [-0.2, -0.15) is 0 Å². The van der Waals surface area contributed by atoms with Crippen molar-refractivity contribution >= 4 is 33.4 Å². The van der Waals surface area contributed by atoms with Gasteiger partial charge in [-0.25, -0.2) is 0 Å². The van der Waals surface area contributed by atoms with E-state index in [1.54, 1.807) is 0 Å². The highest BCUT2D eigenvalue weighted by molar-refractivity contribution is 14.1. The second kappa shape index (κ2) is 4.75. The second-order valence-electron chi connectivity index (χ2n) is 3.14. The molecule has 2 aromatic rings. The van der Waals surface area contributed by atoms with Gasteiger partial charge >= 0.3 is 0 Å². The molecule has 0 aliphatic heterocycles. The van der Waals surface area contributed by atoms with Crippen LogP contribution in [0.5, 0.6) is 0 Å². The van der Waals surface area contributed by atoms with Crippen LogP contribution in [0.25, 0.3) is 10.8 Å². The van der Waals surface area contributed by atoms with Crippen molar-refractivity contribution in [2.24, 2.45) is 0 Å². The van der Waals surface area contributed by atoms with Crippen LogP contribution >= 0.6 is 22.6 Å². The highest BCUT2D eigenvalue weighted by Gasteiger charge is 1.95. The van der Waals surface area contributed by atoms with Crippen molar-refractivity contribution in [3.63, 3.8) is 0 Å². The predicted octanol–water partition coefficient (Wildman–Crippen LogP) is 3.75. The molecule has 72 valence electrons. The zero-order chi connectivity index (χ0) is 9.80. The van der Waals surface area contributed by atoms with Gasteiger partial charge in [0.15, 0.2) is 0 Å². The third kappa shape index (κ3) is 2.25. The van der Waals surface area contributed by atoms with Gasteiger partial charge < -0.3 is 4.74 Å². The van der Waals surface area contributed by atoms with Crippen LogP contribution in [-0.4, -0.2) is 4.61 Å². The third-order valence-electron chi connectivity index (χ3n) is 2.16. The molecule has 14 heavy (non-hydrogen) atoms. The molecule has 2 aromatic carbocycles. The number of hydrogen-bond acceptors (Lipinski definition) is 1.